The van der Waals surface area contributed by atoms with Crippen molar-refractivity contribution in [3.63, 3.8) is 0 Å². The van der Waals surface area contributed by atoms with Crippen LogP contribution >= 0.6 is 0 Å². The van der Waals surface area contributed by atoms with E-state index in [4.69, 9.17) is 4.52 Å². The van der Waals surface area contributed by atoms with Crippen LogP contribution in [-0.4, -0.2) is 27.9 Å². The van der Waals surface area contributed by atoms with Gasteiger partial charge in [0.15, 0.2) is 11.5 Å². The molecule has 0 bridgehead atoms. The van der Waals surface area contributed by atoms with Crippen LogP contribution in [0.25, 0.3) is 0 Å². The van der Waals surface area contributed by atoms with Crippen LogP contribution in [-0.2, 0) is 18.5 Å². The molecule has 1 aromatic heterocycles. The number of aromatic nitrogens is 1. The van der Waals surface area contributed by atoms with Crippen molar-refractivity contribution in [1.29, 1.82) is 0 Å². The first-order valence-corrected chi connectivity index (χ1v) is 11.4. The fraction of sp³-hybridized carbons (Fsp3) is 0.370. The number of carbonyl (C=O) groups excluding carboxylic acids is 2. The van der Waals surface area contributed by atoms with Crippen LogP contribution in [0.2, 0.25) is 0 Å². The highest BCUT2D eigenvalue weighted by atomic mass is 16.5. The third-order valence-corrected chi connectivity index (χ3v) is 5.94. The number of nitrogens with zero attached hydrogens (tertiary/aromatic N) is 2. The van der Waals surface area contributed by atoms with E-state index in [0.29, 0.717) is 24.4 Å². The van der Waals surface area contributed by atoms with Gasteiger partial charge in [-0.05, 0) is 48.4 Å². The molecule has 1 N–H and O–H groups in total. The molecule has 0 spiro atoms. The van der Waals surface area contributed by atoms with E-state index in [1.807, 2.05) is 60.4 Å². The van der Waals surface area contributed by atoms with Gasteiger partial charge in [-0.25, -0.2) is 0 Å². The standard InChI is InChI=1S/C27H31N3O3/c1-18-5-7-19(8-6-18)16-28-25(31)24-15-23(33-29-24)17-30(22-13-14-22)26(32)20-9-11-21(12-10-20)27(2,3)4/h5-12,15,22H,13-14,16-17H2,1-4H3,(H,28,31). The molecule has 0 radical (unpaired) electrons. The Bertz CT molecular complexity index is 1120. The highest BCUT2D eigenvalue weighted by Gasteiger charge is 2.34. The Morgan fingerprint density at radius 3 is 2.33 bits per heavy atom. The summed E-state index contributed by atoms with van der Waals surface area (Å²) in [5.74, 6) is 0.175. The van der Waals surface area contributed by atoms with Gasteiger partial charge < -0.3 is 14.7 Å². The number of aryl methyl sites for hydroxylation is 1. The van der Waals surface area contributed by atoms with Gasteiger partial charge in [0, 0.05) is 24.2 Å². The Morgan fingerprint density at radius 1 is 1.06 bits per heavy atom. The van der Waals surface area contributed by atoms with Crippen molar-refractivity contribution < 1.29 is 14.1 Å². The van der Waals surface area contributed by atoms with Crippen molar-refractivity contribution in [2.45, 2.75) is 65.1 Å². The maximum atomic E-state index is 13.2. The van der Waals surface area contributed by atoms with E-state index in [1.54, 1.807) is 6.07 Å². The molecule has 33 heavy (non-hydrogen) atoms. The largest absolute Gasteiger partial charge is 0.359 e. The van der Waals surface area contributed by atoms with Crippen LogP contribution in [0.15, 0.2) is 59.1 Å². The number of hydrogen-bond donors (Lipinski definition) is 1. The summed E-state index contributed by atoms with van der Waals surface area (Å²) in [6.45, 7) is 9.19. The minimum absolute atomic E-state index is 0.0280. The van der Waals surface area contributed by atoms with Gasteiger partial charge in [0.25, 0.3) is 11.8 Å². The van der Waals surface area contributed by atoms with Crippen molar-refractivity contribution in [2.24, 2.45) is 0 Å². The molecule has 6 nitrogen and oxygen atoms in total. The monoisotopic (exact) mass is 445 g/mol. The summed E-state index contributed by atoms with van der Waals surface area (Å²) in [4.78, 5) is 27.5. The summed E-state index contributed by atoms with van der Waals surface area (Å²) in [6, 6.07) is 17.6. The number of hydrogen-bond acceptors (Lipinski definition) is 4. The molecule has 1 fully saturated rings. The lowest BCUT2D eigenvalue weighted by atomic mass is 9.86. The van der Waals surface area contributed by atoms with Crippen molar-refractivity contribution in [3.8, 4) is 0 Å². The molecule has 4 rings (SSSR count). The lowest BCUT2D eigenvalue weighted by Gasteiger charge is -2.22. The van der Waals surface area contributed by atoms with Crippen molar-refractivity contribution in [2.75, 3.05) is 0 Å². The maximum absolute atomic E-state index is 13.2. The van der Waals surface area contributed by atoms with Gasteiger partial charge in [-0.2, -0.15) is 0 Å². The molecule has 0 atom stereocenters. The van der Waals surface area contributed by atoms with Crippen molar-refractivity contribution in [3.05, 3.63) is 88.3 Å². The first kappa shape index (κ1) is 22.8. The summed E-state index contributed by atoms with van der Waals surface area (Å²) >= 11 is 0. The van der Waals surface area contributed by atoms with E-state index < -0.39 is 0 Å². The quantitative estimate of drug-likeness (QED) is 0.554. The number of rotatable bonds is 7. The Morgan fingerprint density at radius 2 is 1.73 bits per heavy atom. The molecule has 3 aromatic rings. The van der Waals surface area contributed by atoms with Crippen LogP contribution in [0, 0.1) is 6.92 Å². The van der Waals surface area contributed by atoms with Crippen molar-refractivity contribution in [1.82, 2.24) is 15.4 Å². The third kappa shape index (κ3) is 5.69. The molecule has 0 aliphatic heterocycles. The van der Waals surface area contributed by atoms with Gasteiger partial charge in [-0.1, -0.05) is 67.9 Å². The third-order valence-electron chi connectivity index (χ3n) is 5.94. The van der Waals surface area contributed by atoms with Gasteiger partial charge in [-0.3, -0.25) is 9.59 Å². The fourth-order valence-corrected chi connectivity index (χ4v) is 3.67. The summed E-state index contributed by atoms with van der Waals surface area (Å²) < 4.78 is 5.41. The topological polar surface area (TPSA) is 75.4 Å². The second-order valence-corrected chi connectivity index (χ2v) is 9.84. The zero-order chi connectivity index (χ0) is 23.6. The van der Waals surface area contributed by atoms with Gasteiger partial charge in [0.2, 0.25) is 0 Å². The van der Waals surface area contributed by atoms with E-state index in [1.165, 1.54) is 11.1 Å². The molecule has 2 amide bonds. The zero-order valence-electron chi connectivity index (χ0n) is 19.7. The molecular formula is C27H31N3O3. The van der Waals surface area contributed by atoms with Crippen molar-refractivity contribution >= 4 is 11.8 Å². The molecule has 0 unspecified atom stereocenters. The Hall–Kier alpha value is -3.41. The predicted octanol–water partition coefficient (Wildman–Crippen LogP) is 5.02. The first-order valence-electron chi connectivity index (χ1n) is 11.4. The lowest BCUT2D eigenvalue weighted by molar-refractivity contribution is 0.0712. The number of amides is 2. The van der Waals surface area contributed by atoms with Gasteiger partial charge in [-0.15, -0.1) is 0 Å². The average Bonchev–Trinajstić information content (AvgIpc) is 3.53. The van der Waals surface area contributed by atoms with Crippen LogP contribution in [0.5, 0.6) is 0 Å². The van der Waals surface area contributed by atoms with Crippen LogP contribution in [0.4, 0.5) is 0 Å². The smallest absolute Gasteiger partial charge is 0.273 e. The molecule has 1 saturated carbocycles. The maximum Gasteiger partial charge on any atom is 0.273 e. The highest BCUT2D eigenvalue weighted by molar-refractivity contribution is 5.95. The molecule has 6 heteroatoms. The lowest BCUT2D eigenvalue weighted by Crippen LogP contribution is -2.32. The zero-order valence-corrected chi connectivity index (χ0v) is 19.7. The molecule has 1 aliphatic carbocycles. The summed E-state index contributed by atoms with van der Waals surface area (Å²) in [5.41, 5.74) is 4.29. The summed E-state index contributed by atoms with van der Waals surface area (Å²) in [7, 11) is 0. The number of benzene rings is 2. The second-order valence-electron chi connectivity index (χ2n) is 9.84. The molecule has 2 aromatic carbocycles. The molecule has 172 valence electrons. The highest BCUT2D eigenvalue weighted by Crippen LogP contribution is 2.30. The molecule has 1 heterocycles. The Labute approximate surface area is 195 Å². The second kappa shape index (κ2) is 9.22. The van der Waals surface area contributed by atoms with Gasteiger partial charge in [0.05, 0.1) is 6.54 Å². The summed E-state index contributed by atoms with van der Waals surface area (Å²) in [5, 5.41) is 6.78. The Kier molecular flexibility index (Phi) is 6.36. The van der Waals surface area contributed by atoms with E-state index in [0.717, 1.165) is 18.4 Å². The van der Waals surface area contributed by atoms with Crippen LogP contribution < -0.4 is 5.32 Å². The SMILES string of the molecule is Cc1ccc(CNC(=O)c2cc(CN(C(=O)c3ccc(C(C)(C)C)cc3)C3CC3)on2)cc1. The van der Waals surface area contributed by atoms with E-state index in [2.05, 4.69) is 31.2 Å². The van der Waals surface area contributed by atoms with E-state index in [9.17, 15) is 9.59 Å². The van der Waals surface area contributed by atoms with Gasteiger partial charge >= 0.3 is 0 Å². The molecule has 1 aliphatic rings. The normalized spacial score (nSPS) is 13.6. The molecular weight excluding hydrogens is 414 g/mol. The van der Waals surface area contributed by atoms with E-state index in [-0.39, 0.29) is 29.0 Å². The first-order chi connectivity index (χ1) is 15.7. The Balaban J connectivity index is 1.40. The molecule has 0 saturated heterocycles. The van der Waals surface area contributed by atoms with Crippen LogP contribution in [0.3, 0.4) is 0 Å². The minimum Gasteiger partial charge on any atom is -0.359 e. The van der Waals surface area contributed by atoms with Gasteiger partial charge in [0.1, 0.15) is 0 Å². The summed E-state index contributed by atoms with van der Waals surface area (Å²) in [6.07, 6.45) is 1.95. The number of carbonyl (C=O) groups is 2. The number of nitrogens with one attached hydrogen (secondary N) is 1. The van der Waals surface area contributed by atoms with E-state index >= 15 is 0 Å². The average molecular weight is 446 g/mol. The fourth-order valence-electron chi connectivity index (χ4n) is 3.67. The minimum atomic E-state index is -0.298. The van der Waals surface area contributed by atoms with Crippen LogP contribution in [0.1, 0.15) is 76.9 Å². The predicted molar refractivity (Wildman–Crippen MR) is 127 cm³/mol.